The van der Waals surface area contributed by atoms with Crippen molar-refractivity contribution in [3.63, 3.8) is 0 Å². The smallest absolute Gasteiger partial charge is 0.377 e. The van der Waals surface area contributed by atoms with Crippen LogP contribution in [0, 0.1) is 6.92 Å². The summed E-state index contributed by atoms with van der Waals surface area (Å²) in [6.45, 7) is 2.08. The fourth-order valence-corrected chi connectivity index (χ4v) is 3.54. The van der Waals surface area contributed by atoms with E-state index in [2.05, 4.69) is 41.9 Å². The van der Waals surface area contributed by atoms with Crippen LogP contribution in [0.4, 0.5) is 14.5 Å². The molecule has 0 saturated carbocycles. The summed E-state index contributed by atoms with van der Waals surface area (Å²) >= 11 is 6.79. The summed E-state index contributed by atoms with van der Waals surface area (Å²) < 4.78 is 32.3. The number of hydrogen-bond donors (Lipinski definition) is 1. The normalized spacial score (nSPS) is 21.3. The quantitative estimate of drug-likeness (QED) is 0.785. The molecule has 0 amide bonds. The predicted octanol–water partition coefficient (Wildman–Crippen LogP) is 3.88. The first-order chi connectivity index (χ1) is 8.79. The number of anilines is 1. The molecule has 2 rings (SSSR count). The van der Waals surface area contributed by atoms with E-state index in [1.165, 1.54) is 0 Å². The average molecular weight is 399 g/mol. The number of halogens is 4. The molecule has 1 fully saturated rings. The van der Waals surface area contributed by atoms with Crippen molar-refractivity contribution in [2.45, 2.75) is 25.4 Å². The number of carbonyl (C=O) groups is 1. The van der Waals surface area contributed by atoms with Crippen molar-refractivity contribution in [3.05, 3.63) is 26.6 Å². The molecule has 0 aliphatic carbocycles. The van der Waals surface area contributed by atoms with Gasteiger partial charge in [-0.3, -0.25) is 0 Å². The van der Waals surface area contributed by atoms with Crippen LogP contribution >= 0.6 is 31.9 Å². The van der Waals surface area contributed by atoms with Crippen LogP contribution in [0.25, 0.3) is 0 Å². The Hall–Kier alpha value is -0.690. The maximum absolute atomic E-state index is 13.0. The van der Waals surface area contributed by atoms with Gasteiger partial charge in [0.05, 0.1) is 18.7 Å². The van der Waals surface area contributed by atoms with E-state index in [1.807, 2.05) is 19.1 Å². The van der Waals surface area contributed by atoms with E-state index in [-0.39, 0.29) is 6.54 Å². The van der Waals surface area contributed by atoms with Crippen molar-refractivity contribution in [1.29, 1.82) is 0 Å². The summed E-state index contributed by atoms with van der Waals surface area (Å²) in [5.41, 5.74) is 1.81. The van der Waals surface area contributed by atoms with Gasteiger partial charge in [0, 0.05) is 8.95 Å². The molecule has 7 heteroatoms. The van der Waals surface area contributed by atoms with Crippen molar-refractivity contribution < 1.29 is 18.3 Å². The van der Waals surface area contributed by atoms with E-state index < -0.39 is 24.4 Å². The average Bonchev–Trinajstić information content (AvgIpc) is 2.51. The molecule has 1 atom stereocenters. The molecule has 0 aromatic heterocycles. The molecular formula is C12H11Br2F2NO2. The molecule has 104 valence electrons. The van der Waals surface area contributed by atoms with Gasteiger partial charge < -0.3 is 10.1 Å². The van der Waals surface area contributed by atoms with E-state index in [4.69, 9.17) is 0 Å². The molecule has 1 aromatic rings. The minimum Gasteiger partial charge on any atom is -0.456 e. The monoisotopic (exact) mass is 397 g/mol. The maximum Gasteiger partial charge on any atom is 0.377 e. The summed E-state index contributed by atoms with van der Waals surface area (Å²) in [6.07, 6.45) is -1.40. The lowest BCUT2D eigenvalue weighted by molar-refractivity contribution is -0.158. The van der Waals surface area contributed by atoms with E-state index in [1.54, 1.807) is 0 Å². The lowest BCUT2D eigenvalue weighted by atomic mass is 10.2. The number of nitrogens with one attached hydrogen (secondary N) is 1. The van der Waals surface area contributed by atoms with Crippen LogP contribution < -0.4 is 5.32 Å². The van der Waals surface area contributed by atoms with Gasteiger partial charge in [0.1, 0.15) is 6.10 Å². The fourth-order valence-electron chi connectivity index (χ4n) is 1.85. The number of rotatable bonds is 3. The summed E-state index contributed by atoms with van der Waals surface area (Å²) in [5, 5.41) is 3.00. The highest BCUT2D eigenvalue weighted by Gasteiger charge is 2.50. The van der Waals surface area contributed by atoms with Gasteiger partial charge in [0.25, 0.3) is 0 Å². The van der Waals surface area contributed by atoms with E-state index in [9.17, 15) is 13.6 Å². The van der Waals surface area contributed by atoms with Crippen LogP contribution in [-0.2, 0) is 9.53 Å². The predicted molar refractivity (Wildman–Crippen MR) is 74.5 cm³/mol. The Morgan fingerprint density at radius 3 is 2.47 bits per heavy atom. The minimum atomic E-state index is -3.37. The van der Waals surface area contributed by atoms with Gasteiger partial charge in [-0.25, -0.2) is 4.79 Å². The molecule has 1 aromatic carbocycles. The lowest BCUT2D eigenvalue weighted by Crippen LogP contribution is -2.22. The summed E-state index contributed by atoms with van der Waals surface area (Å²) in [5.74, 6) is -4.81. The van der Waals surface area contributed by atoms with Crippen LogP contribution in [0.2, 0.25) is 0 Å². The molecule has 1 N–H and O–H groups in total. The van der Waals surface area contributed by atoms with Gasteiger partial charge in [-0.1, -0.05) is 0 Å². The summed E-state index contributed by atoms with van der Waals surface area (Å²) in [7, 11) is 0. The first-order valence-electron chi connectivity index (χ1n) is 5.58. The zero-order valence-electron chi connectivity index (χ0n) is 9.97. The third-order valence-corrected chi connectivity index (χ3v) is 4.00. The Morgan fingerprint density at radius 1 is 1.42 bits per heavy atom. The second-order valence-electron chi connectivity index (χ2n) is 4.42. The van der Waals surface area contributed by atoms with Crippen LogP contribution in [0.1, 0.15) is 12.0 Å². The summed E-state index contributed by atoms with van der Waals surface area (Å²) in [4.78, 5) is 10.9. The van der Waals surface area contributed by atoms with Crippen molar-refractivity contribution >= 4 is 43.5 Å². The molecule has 0 radical (unpaired) electrons. The van der Waals surface area contributed by atoms with Crippen molar-refractivity contribution in [1.82, 2.24) is 0 Å². The van der Waals surface area contributed by atoms with E-state index >= 15 is 0 Å². The first kappa shape index (κ1) is 14.7. The second-order valence-corrected chi connectivity index (χ2v) is 6.13. The van der Waals surface area contributed by atoms with Gasteiger partial charge in [-0.2, -0.15) is 8.78 Å². The van der Waals surface area contributed by atoms with E-state index in [0.717, 1.165) is 20.2 Å². The van der Waals surface area contributed by atoms with Gasteiger partial charge in [0.2, 0.25) is 0 Å². The SMILES string of the molecule is Cc1cc(Br)c(NCC2CC(F)(F)C(=O)O2)c(Br)c1. The van der Waals surface area contributed by atoms with Gasteiger partial charge in [-0.15, -0.1) is 0 Å². The molecule has 3 nitrogen and oxygen atoms in total. The van der Waals surface area contributed by atoms with Gasteiger partial charge >= 0.3 is 11.9 Å². The molecule has 1 heterocycles. The van der Waals surface area contributed by atoms with Crippen molar-refractivity contribution in [2.75, 3.05) is 11.9 Å². The maximum atomic E-state index is 13.0. The van der Waals surface area contributed by atoms with Gasteiger partial charge in [0.15, 0.2) is 0 Å². The molecule has 0 spiro atoms. The number of ether oxygens (including phenoxy) is 1. The van der Waals surface area contributed by atoms with Gasteiger partial charge in [-0.05, 0) is 56.5 Å². The largest absolute Gasteiger partial charge is 0.456 e. The Labute approximate surface area is 126 Å². The Kier molecular flexibility index (Phi) is 4.15. The lowest BCUT2D eigenvalue weighted by Gasteiger charge is -2.14. The molecular weight excluding hydrogens is 388 g/mol. The highest BCUT2D eigenvalue weighted by molar-refractivity contribution is 9.11. The fraction of sp³-hybridized carbons (Fsp3) is 0.417. The molecule has 0 bridgehead atoms. The molecule has 1 aliphatic heterocycles. The number of hydrogen-bond acceptors (Lipinski definition) is 3. The van der Waals surface area contributed by atoms with Crippen LogP contribution in [-0.4, -0.2) is 24.5 Å². The molecule has 1 unspecified atom stereocenters. The highest BCUT2D eigenvalue weighted by Crippen LogP contribution is 2.34. The molecule has 19 heavy (non-hydrogen) atoms. The van der Waals surface area contributed by atoms with E-state index in [0.29, 0.717) is 0 Å². The van der Waals surface area contributed by atoms with Crippen LogP contribution in [0.3, 0.4) is 0 Å². The molecule has 1 saturated heterocycles. The van der Waals surface area contributed by atoms with Crippen LogP contribution in [0.15, 0.2) is 21.1 Å². The third kappa shape index (κ3) is 3.25. The molecule has 1 aliphatic rings. The van der Waals surface area contributed by atoms with Crippen molar-refractivity contribution in [2.24, 2.45) is 0 Å². The first-order valence-corrected chi connectivity index (χ1v) is 7.16. The number of cyclic esters (lactones) is 1. The zero-order valence-corrected chi connectivity index (χ0v) is 13.1. The highest BCUT2D eigenvalue weighted by atomic mass is 79.9. The zero-order chi connectivity index (χ0) is 14.2. The Bertz CT molecular complexity index is 499. The number of esters is 1. The third-order valence-electron chi connectivity index (χ3n) is 2.75. The topological polar surface area (TPSA) is 38.3 Å². The number of benzene rings is 1. The van der Waals surface area contributed by atoms with Crippen LogP contribution in [0.5, 0.6) is 0 Å². The summed E-state index contributed by atoms with van der Waals surface area (Å²) in [6, 6.07) is 3.81. The standard InChI is InChI=1S/C12H11Br2F2NO2/c1-6-2-8(13)10(9(14)3-6)17-5-7-4-12(15,16)11(18)19-7/h2-3,7,17H,4-5H2,1H3. The Morgan fingerprint density at radius 2 is 2.00 bits per heavy atom. The number of carbonyl (C=O) groups excluding carboxylic acids is 1. The minimum absolute atomic E-state index is 0.140. The number of alkyl halides is 2. The second kappa shape index (κ2) is 5.36. The number of aryl methyl sites for hydroxylation is 1. The Balaban J connectivity index is 2.03. The van der Waals surface area contributed by atoms with Crippen molar-refractivity contribution in [3.8, 4) is 0 Å².